The summed E-state index contributed by atoms with van der Waals surface area (Å²) < 4.78 is 0. The molecule has 1 aliphatic heterocycles. The fourth-order valence-electron chi connectivity index (χ4n) is 3.08. The van der Waals surface area contributed by atoms with Crippen LogP contribution in [0.15, 0.2) is 18.3 Å². The Hall–Kier alpha value is -2.15. The van der Waals surface area contributed by atoms with Crippen LogP contribution < -0.4 is 10.2 Å². The maximum absolute atomic E-state index is 12.2. The minimum atomic E-state index is -0.0841. The summed E-state index contributed by atoms with van der Waals surface area (Å²) in [5.74, 6) is 1.03. The van der Waals surface area contributed by atoms with Crippen LogP contribution in [0, 0.1) is 0 Å². The molecule has 0 atom stereocenters. The summed E-state index contributed by atoms with van der Waals surface area (Å²) in [6.45, 7) is 6.74. The van der Waals surface area contributed by atoms with Crippen LogP contribution in [0.5, 0.6) is 0 Å². The van der Waals surface area contributed by atoms with Gasteiger partial charge in [-0.15, -0.1) is 0 Å². The number of hydrogen-bond acceptors (Lipinski definition) is 5. The van der Waals surface area contributed by atoms with Crippen molar-refractivity contribution in [3.8, 4) is 0 Å². The number of nitrogens with zero attached hydrogens (tertiary/aromatic N) is 4. The smallest absolute Gasteiger partial charge is 0.252 e. The molecule has 7 heteroatoms. The van der Waals surface area contributed by atoms with Gasteiger partial charge in [-0.05, 0) is 45.6 Å². The van der Waals surface area contributed by atoms with Crippen molar-refractivity contribution in [2.45, 2.75) is 32.6 Å². The Balaban J connectivity index is 1.78. The van der Waals surface area contributed by atoms with Gasteiger partial charge in [0.05, 0.1) is 5.56 Å². The number of carbonyl (C=O) groups is 2. The van der Waals surface area contributed by atoms with Gasteiger partial charge in [0, 0.05) is 45.3 Å². The number of amides is 2. The van der Waals surface area contributed by atoms with Crippen molar-refractivity contribution < 1.29 is 9.59 Å². The maximum Gasteiger partial charge on any atom is 0.252 e. The van der Waals surface area contributed by atoms with Crippen LogP contribution in [-0.2, 0) is 4.79 Å². The van der Waals surface area contributed by atoms with E-state index in [2.05, 4.69) is 27.0 Å². The van der Waals surface area contributed by atoms with E-state index in [-0.39, 0.29) is 11.8 Å². The standard InChI is InChI=1S/C20H33N5O2/c1-4-5-7-19(26)25-14-12-24(13-15-25)18-9-8-17(16-22-18)20(27)21-10-6-11-23(2)3/h8-9,16H,4-7,10-15H2,1-3H3,(H,21,27). The van der Waals surface area contributed by atoms with Crippen molar-refractivity contribution in [2.75, 3.05) is 58.3 Å². The van der Waals surface area contributed by atoms with E-state index in [9.17, 15) is 9.59 Å². The van der Waals surface area contributed by atoms with Crippen LogP contribution in [-0.4, -0.2) is 80.0 Å². The number of carbonyl (C=O) groups excluding carboxylic acids is 2. The summed E-state index contributed by atoms with van der Waals surface area (Å²) in [6.07, 6.45) is 5.21. The van der Waals surface area contributed by atoms with Crippen molar-refractivity contribution in [3.63, 3.8) is 0 Å². The third-order valence-corrected chi connectivity index (χ3v) is 4.78. The molecule has 1 aromatic heterocycles. The summed E-state index contributed by atoms with van der Waals surface area (Å²) in [5.41, 5.74) is 0.581. The molecule has 1 fully saturated rings. The first-order chi connectivity index (χ1) is 13.0. The van der Waals surface area contributed by atoms with Crippen molar-refractivity contribution >= 4 is 17.6 Å². The second kappa shape index (κ2) is 10.9. The summed E-state index contributed by atoms with van der Waals surface area (Å²) >= 11 is 0. The Morgan fingerprint density at radius 3 is 2.48 bits per heavy atom. The summed E-state index contributed by atoms with van der Waals surface area (Å²) in [7, 11) is 4.04. The fraction of sp³-hybridized carbons (Fsp3) is 0.650. The van der Waals surface area contributed by atoms with Crippen molar-refractivity contribution in [1.82, 2.24) is 20.1 Å². The lowest BCUT2D eigenvalue weighted by atomic mass is 10.2. The topological polar surface area (TPSA) is 68.8 Å². The SMILES string of the molecule is CCCCC(=O)N1CCN(c2ccc(C(=O)NCCCN(C)C)cn2)CC1. The number of pyridine rings is 1. The van der Waals surface area contributed by atoms with Gasteiger partial charge in [0.2, 0.25) is 5.91 Å². The zero-order valence-corrected chi connectivity index (χ0v) is 16.9. The third kappa shape index (κ3) is 6.82. The summed E-state index contributed by atoms with van der Waals surface area (Å²) in [4.78, 5) is 34.9. The predicted octanol–water partition coefficient (Wildman–Crippen LogP) is 1.60. The largest absolute Gasteiger partial charge is 0.353 e. The Bertz CT molecular complexity index is 595. The minimum Gasteiger partial charge on any atom is -0.353 e. The lowest BCUT2D eigenvalue weighted by molar-refractivity contribution is -0.131. The van der Waals surface area contributed by atoms with Crippen molar-refractivity contribution in [3.05, 3.63) is 23.9 Å². The molecular weight excluding hydrogens is 342 g/mol. The Kier molecular flexibility index (Phi) is 8.51. The average molecular weight is 376 g/mol. The summed E-state index contributed by atoms with van der Waals surface area (Å²) in [6, 6.07) is 3.71. The molecule has 0 aliphatic carbocycles. The number of hydrogen-bond donors (Lipinski definition) is 1. The highest BCUT2D eigenvalue weighted by atomic mass is 16.2. The molecule has 2 amide bonds. The Morgan fingerprint density at radius 1 is 1.15 bits per heavy atom. The zero-order chi connectivity index (χ0) is 19.6. The molecule has 0 bridgehead atoms. The molecule has 1 aliphatic rings. The second-order valence-corrected chi connectivity index (χ2v) is 7.29. The van der Waals surface area contributed by atoms with Crippen molar-refractivity contribution in [1.29, 1.82) is 0 Å². The number of rotatable bonds is 9. The maximum atomic E-state index is 12.2. The van der Waals surface area contributed by atoms with Gasteiger partial charge in [0.25, 0.3) is 5.91 Å². The molecule has 1 N–H and O–H groups in total. The molecule has 0 aromatic carbocycles. The van der Waals surface area contributed by atoms with E-state index in [4.69, 9.17) is 0 Å². The van der Waals surface area contributed by atoms with Crippen LogP contribution in [0.2, 0.25) is 0 Å². The van der Waals surface area contributed by atoms with E-state index in [0.717, 1.165) is 57.8 Å². The van der Waals surface area contributed by atoms with Crippen LogP contribution in [0.4, 0.5) is 5.82 Å². The molecule has 0 unspecified atom stereocenters. The molecule has 150 valence electrons. The first-order valence-electron chi connectivity index (χ1n) is 9.93. The predicted molar refractivity (Wildman–Crippen MR) is 108 cm³/mol. The van der Waals surface area contributed by atoms with Gasteiger partial charge in [-0.2, -0.15) is 0 Å². The van der Waals surface area contributed by atoms with Crippen LogP contribution >= 0.6 is 0 Å². The van der Waals surface area contributed by atoms with E-state index in [1.165, 1.54) is 0 Å². The molecule has 1 aromatic rings. The Morgan fingerprint density at radius 2 is 1.89 bits per heavy atom. The highest BCUT2D eigenvalue weighted by Gasteiger charge is 2.21. The average Bonchev–Trinajstić information content (AvgIpc) is 2.69. The Labute approximate surface area is 162 Å². The van der Waals surface area contributed by atoms with Gasteiger partial charge < -0.3 is 20.0 Å². The number of piperazine rings is 1. The molecule has 1 saturated heterocycles. The molecular formula is C20H33N5O2. The van der Waals surface area contributed by atoms with E-state index >= 15 is 0 Å². The second-order valence-electron chi connectivity index (χ2n) is 7.29. The lowest BCUT2D eigenvalue weighted by Crippen LogP contribution is -2.49. The molecule has 2 heterocycles. The van der Waals surface area contributed by atoms with Crippen LogP contribution in [0.3, 0.4) is 0 Å². The van der Waals surface area contributed by atoms with Gasteiger partial charge in [-0.1, -0.05) is 13.3 Å². The minimum absolute atomic E-state index is 0.0841. The van der Waals surface area contributed by atoms with Gasteiger partial charge in [0.15, 0.2) is 0 Å². The quantitative estimate of drug-likeness (QED) is 0.664. The molecule has 27 heavy (non-hydrogen) atoms. The molecule has 0 spiro atoms. The van der Waals surface area contributed by atoms with Gasteiger partial charge >= 0.3 is 0 Å². The third-order valence-electron chi connectivity index (χ3n) is 4.78. The zero-order valence-electron chi connectivity index (χ0n) is 16.9. The van der Waals surface area contributed by atoms with Gasteiger partial charge in [0.1, 0.15) is 5.82 Å². The van der Waals surface area contributed by atoms with Crippen LogP contribution in [0.1, 0.15) is 43.0 Å². The van der Waals surface area contributed by atoms with Gasteiger partial charge in [-0.25, -0.2) is 4.98 Å². The lowest BCUT2D eigenvalue weighted by Gasteiger charge is -2.35. The fourth-order valence-corrected chi connectivity index (χ4v) is 3.08. The highest BCUT2D eigenvalue weighted by molar-refractivity contribution is 5.94. The number of nitrogens with one attached hydrogen (secondary N) is 1. The molecule has 7 nitrogen and oxygen atoms in total. The van der Waals surface area contributed by atoms with Crippen LogP contribution in [0.25, 0.3) is 0 Å². The van der Waals surface area contributed by atoms with E-state index in [1.807, 2.05) is 31.1 Å². The molecule has 0 saturated carbocycles. The van der Waals surface area contributed by atoms with Crippen molar-refractivity contribution in [2.24, 2.45) is 0 Å². The molecule has 0 radical (unpaired) electrons. The number of aromatic nitrogens is 1. The first-order valence-corrected chi connectivity index (χ1v) is 9.93. The van der Waals surface area contributed by atoms with E-state index < -0.39 is 0 Å². The van der Waals surface area contributed by atoms with E-state index in [0.29, 0.717) is 18.5 Å². The van der Waals surface area contributed by atoms with Gasteiger partial charge in [-0.3, -0.25) is 9.59 Å². The summed E-state index contributed by atoms with van der Waals surface area (Å²) in [5, 5.41) is 2.92. The normalized spacial score (nSPS) is 14.5. The molecule has 2 rings (SSSR count). The number of anilines is 1. The number of unbranched alkanes of at least 4 members (excludes halogenated alkanes) is 1. The highest BCUT2D eigenvalue weighted by Crippen LogP contribution is 2.15. The van der Waals surface area contributed by atoms with E-state index in [1.54, 1.807) is 6.20 Å². The first kappa shape index (κ1) is 21.2. The monoisotopic (exact) mass is 375 g/mol.